The van der Waals surface area contributed by atoms with Gasteiger partial charge in [0.25, 0.3) is 0 Å². The van der Waals surface area contributed by atoms with Crippen molar-refractivity contribution in [1.82, 2.24) is 10.2 Å². The molecule has 94 valence electrons. The fourth-order valence-electron chi connectivity index (χ4n) is 3.16. The molecule has 0 spiro atoms. The van der Waals surface area contributed by atoms with Gasteiger partial charge in [0.2, 0.25) is 0 Å². The molecule has 2 rings (SSSR count). The highest BCUT2D eigenvalue weighted by atomic mass is 15.1. The van der Waals surface area contributed by atoms with Gasteiger partial charge in [0.1, 0.15) is 0 Å². The Morgan fingerprint density at radius 3 is 2.44 bits per heavy atom. The third-order valence-electron chi connectivity index (χ3n) is 4.23. The van der Waals surface area contributed by atoms with Crippen LogP contribution in [0.1, 0.15) is 51.4 Å². The Kier molecular flexibility index (Phi) is 5.64. The summed E-state index contributed by atoms with van der Waals surface area (Å²) in [6.45, 7) is 6.49. The molecule has 0 aromatic heterocycles. The normalized spacial score (nSPS) is 23.2. The van der Waals surface area contributed by atoms with Gasteiger partial charge in [0, 0.05) is 0 Å². The van der Waals surface area contributed by atoms with Gasteiger partial charge in [-0.05, 0) is 64.3 Å². The van der Waals surface area contributed by atoms with E-state index in [2.05, 4.69) is 10.2 Å². The second-order valence-electron chi connectivity index (χ2n) is 5.59. The van der Waals surface area contributed by atoms with E-state index >= 15 is 0 Å². The fourth-order valence-corrected chi connectivity index (χ4v) is 3.16. The molecule has 2 aliphatic rings. The lowest BCUT2D eigenvalue weighted by molar-refractivity contribution is 0.330. The summed E-state index contributed by atoms with van der Waals surface area (Å²) in [5.74, 6) is 1.05. The summed E-state index contributed by atoms with van der Waals surface area (Å²) in [4.78, 5) is 2.61. The molecule has 16 heavy (non-hydrogen) atoms. The molecule has 0 radical (unpaired) electrons. The summed E-state index contributed by atoms with van der Waals surface area (Å²) in [5.41, 5.74) is 0. The minimum absolute atomic E-state index is 1.05. The van der Waals surface area contributed by atoms with E-state index in [9.17, 15) is 0 Å². The number of likely N-dealkylation sites (tertiary alicyclic amines) is 1. The van der Waals surface area contributed by atoms with Gasteiger partial charge in [-0.3, -0.25) is 0 Å². The van der Waals surface area contributed by atoms with Crippen LogP contribution in [0.5, 0.6) is 0 Å². The van der Waals surface area contributed by atoms with Crippen molar-refractivity contribution in [3.8, 4) is 0 Å². The predicted octanol–water partition coefficient (Wildman–Crippen LogP) is 2.64. The van der Waals surface area contributed by atoms with Crippen LogP contribution < -0.4 is 5.32 Å². The van der Waals surface area contributed by atoms with Crippen LogP contribution in [0.15, 0.2) is 0 Å². The van der Waals surface area contributed by atoms with E-state index in [-0.39, 0.29) is 0 Å². The maximum Gasteiger partial charge on any atom is -0.000664 e. The SMILES string of the molecule is C1CCC(CCNCCCN2CCCC2)C1. The van der Waals surface area contributed by atoms with Gasteiger partial charge in [0.15, 0.2) is 0 Å². The Morgan fingerprint density at radius 2 is 1.69 bits per heavy atom. The topological polar surface area (TPSA) is 15.3 Å². The highest BCUT2D eigenvalue weighted by Crippen LogP contribution is 2.26. The number of hydrogen-bond donors (Lipinski definition) is 1. The average molecular weight is 224 g/mol. The molecular weight excluding hydrogens is 196 g/mol. The average Bonchev–Trinajstić information content (AvgIpc) is 2.96. The zero-order chi connectivity index (χ0) is 11.1. The van der Waals surface area contributed by atoms with Crippen molar-refractivity contribution in [3.05, 3.63) is 0 Å². The molecule has 0 unspecified atom stereocenters. The number of nitrogens with one attached hydrogen (secondary N) is 1. The van der Waals surface area contributed by atoms with E-state index in [1.165, 1.54) is 84.1 Å². The standard InChI is InChI=1S/C14H28N2/c1-2-7-14(6-1)8-10-15-9-5-13-16-11-3-4-12-16/h14-15H,1-13H2. The van der Waals surface area contributed by atoms with Gasteiger partial charge < -0.3 is 10.2 Å². The summed E-state index contributed by atoms with van der Waals surface area (Å²) < 4.78 is 0. The monoisotopic (exact) mass is 224 g/mol. The first-order chi connectivity index (χ1) is 7.95. The van der Waals surface area contributed by atoms with Crippen LogP contribution in [0.4, 0.5) is 0 Å². The third kappa shape index (κ3) is 4.42. The van der Waals surface area contributed by atoms with E-state index in [0.29, 0.717) is 0 Å². The zero-order valence-corrected chi connectivity index (χ0v) is 10.7. The summed E-state index contributed by atoms with van der Waals surface area (Å²) >= 11 is 0. The van der Waals surface area contributed by atoms with Gasteiger partial charge >= 0.3 is 0 Å². The lowest BCUT2D eigenvalue weighted by atomic mass is 10.0. The second-order valence-corrected chi connectivity index (χ2v) is 5.59. The Morgan fingerprint density at radius 1 is 0.938 bits per heavy atom. The van der Waals surface area contributed by atoms with Crippen molar-refractivity contribution >= 4 is 0 Å². The molecule has 1 N–H and O–H groups in total. The van der Waals surface area contributed by atoms with Crippen LogP contribution in [0.3, 0.4) is 0 Å². The third-order valence-corrected chi connectivity index (χ3v) is 4.23. The number of rotatable bonds is 7. The van der Waals surface area contributed by atoms with Gasteiger partial charge in [-0.2, -0.15) is 0 Å². The summed E-state index contributed by atoms with van der Waals surface area (Å²) in [6.07, 6.45) is 11.6. The molecule has 2 heteroatoms. The molecule has 0 aromatic carbocycles. The van der Waals surface area contributed by atoms with E-state index in [4.69, 9.17) is 0 Å². The largest absolute Gasteiger partial charge is 0.317 e. The lowest BCUT2D eigenvalue weighted by Crippen LogP contribution is -2.25. The molecule has 2 fully saturated rings. The summed E-state index contributed by atoms with van der Waals surface area (Å²) in [7, 11) is 0. The van der Waals surface area contributed by atoms with Gasteiger partial charge in [-0.25, -0.2) is 0 Å². The number of nitrogens with zero attached hydrogens (tertiary/aromatic N) is 1. The van der Waals surface area contributed by atoms with Crippen molar-refractivity contribution in [2.75, 3.05) is 32.7 Å². The predicted molar refractivity (Wildman–Crippen MR) is 69.7 cm³/mol. The van der Waals surface area contributed by atoms with Crippen molar-refractivity contribution in [2.24, 2.45) is 5.92 Å². The Balaban J connectivity index is 1.37. The fraction of sp³-hybridized carbons (Fsp3) is 1.00. The molecule has 1 aliphatic heterocycles. The summed E-state index contributed by atoms with van der Waals surface area (Å²) in [6, 6.07) is 0. The molecular formula is C14H28N2. The molecule has 2 nitrogen and oxygen atoms in total. The zero-order valence-electron chi connectivity index (χ0n) is 10.7. The maximum atomic E-state index is 3.61. The molecule has 0 atom stereocenters. The Labute approximate surface area is 101 Å². The van der Waals surface area contributed by atoms with E-state index in [0.717, 1.165) is 5.92 Å². The van der Waals surface area contributed by atoms with Gasteiger partial charge in [-0.1, -0.05) is 25.7 Å². The molecule has 1 heterocycles. The molecule has 1 saturated carbocycles. The lowest BCUT2D eigenvalue weighted by Gasteiger charge is -2.14. The van der Waals surface area contributed by atoms with E-state index < -0.39 is 0 Å². The molecule has 0 aromatic rings. The van der Waals surface area contributed by atoms with Crippen molar-refractivity contribution < 1.29 is 0 Å². The molecule has 1 aliphatic carbocycles. The second kappa shape index (κ2) is 7.29. The van der Waals surface area contributed by atoms with Crippen LogP contribution >= 0.6 is 0 Å². The minimum Gasteiger partial charge on any atom is -0.317 e. The van der Waals surface area contributed by atoms with Gasteiger partial charge in [0.05, 0.1) is 0 Å². The maximum absolute atomic E-state index is 3.61. The van der Waals surface area contributed by atoms with E-state index in [1.54, 1.807) is 0 Å². The van der Waals surface area contributed by atoms with E-state index in [1.807, 2.05) is 0 Å². The van der Waals surface area contributed by atoms with Crippen LogP contribution in [0.25, 0.3) is 0 Å². The molecule has 1 saturated heterocycles. The molecule has 0 bridgehead atoms. The van der Waals surface area contributed by atoms with Crippen molar-refractivity contribution in [2.45, 2.75) is 51.4 Å². The molecule has 0 amide bonds. The smallest absolute Gasteiger partial charge is 0.000664 e. The van der Waals surface area contributed by atoms with Crippen molar-refractivity contribution in [3.63, 3.8) is 0 Å². The van der Waals surface area contributed by atoms with Crippen molar-refractivity contribution in [1.29, 1.82) is 0 Å². The van der Waals surface area contributed by atoms with Crippen LogP contribution in [0.2, 0.25) is 0 Å². The highest BCUT2D eigenvalue weighted by molar-refractivity contribution is 4.69. The van der Waals surface area contributed by atoms with Crippen LogP contribution in [-0.2, 0) is 0 Å². The quantitative estimate of drug-likeness (QED) is 0.669. The van der Waals surface area contributed by atoms with Crippen LogP contribution in [-0.4, -0.2) is 37.6 Å². The highest BCUT2D eigenvalue weighted by Gasteiger charge is 2.14. The number of hydrogen-bond acceptors (Lipinski definition) is 2. The first kappa shape index (κ1) is 12.4. The van der Waals surface area contributed by atoms with Gasteiger partial charge in [-0.15, -0.1) is 0 Å². The Hall–Kier alpha value is -0.0800. The minimum atomic E-state index is 1.05. The first-order valence-corrected chi connectivity index (χ1v) is 7.38. The summed E-state index contributed by atoms with van der Waals surface area (Å²) in [5, 5.41) is 3.61. The Bertz CT molecular complexity index is 150. The first-order valence-electron chi connectivity index (χ1n) is 7.38. The van der Waals surface area contributed by atoms with Crippen LogP contribution in [0, 0.1) is 5.92 Å².